The molecule has 1 aliphatic rings. The number of carbonyl (C=O) groups excluding carboxylic acids is 1. The Morgan fingerprint density at radius 1 is 1.35 bits per heavy atom. The highest BCUT2D eigenvalue weighted by Gasteiger charge is 2.36. The number of carbonyl (C=O) groups is 1. The van der Waals surface area contributed by atoms with Crippen LogP contribution in [0.4, 0.5) is 0 Å². The Morgan fingerprint density at radius 3 is 2.71 bits per heavy atom. The summed E-state index contributed by atoms with van der Waals surface area (Å²) >= 11 is 0. The summed E-state index contributed by atoms with van der Waals surface area (Å²) in [5, 5.41) is 0. The van der Waals surface area contributed by atoms with Crippen LogP contribution in [0, 0.1) is 6.92 Å². The topological polar surface area (TPSA) is 35.5 Å². The number of methoxy groups -OCH3 is 1. The van der Waals surface area contributed by atoms with Crippen molar-refractivity contribution in [2.24, 2.45) is 0 Å². The first kappa shape index (κ1) is 11.7. The lowest BCUT2D eigenvalue weighted by molar-refractivity contribution is -0.156. The smallest absolute Gasteiger partial charge is 0.335 e. The van der Waals surface area contributed by atoms with E-state index in [0.717, 1.165) is 11.1 Å². The summed E-state index contributed by atoms with van der Waals surface area (Å²) in [4.78, 5) is 11.6. The van der Waals surface area contributed by atoms with Crippen LogP contribution in [-0.4, -0.2) is 13.1 Å². The van der Waals surface area contributed by atoms with Gasteiger partial charge in [0.15, 0.2) is 0 Å². The van der Waals surface area contributed by atoms with Crippen molar-refractivity contribution in [3.63, 3.8) is 0 Å². The van der Waals surface area contributed by atoms with Gasteiger partial charge in [0.25, 0.3) is 0 Å². The SMILES string of the molecule is COC1=CC(=O)OC(C)(c2ccccc2C)C1. The van der Waals surface area contributed by atoms with Crippen molar-refractivity contribution < 1.29 is 14.3 Å². The minimum absolute atomic E-state index is 0.348. The van der Waals surface area contributed by atoms with Crippen molar-refractivity contribution >= 4 is 5.97 Å². The van der Waals surface area contributed by atoms with Gasteiger partial charge >= 0.3 is 5.97 Å². The second-order valence-electron chi connectivity index (χ2n) is 4.46. The second kappa shape index (κ2) is 4.24. The van der Waals surface area contributed by atoms with E-state index in [2.05, 4.69) is 0 Å². The second-order valence-corrected chi connectivity index (χ2v) is 4.46. The van der Waals surface area contributed by atoms with E-state index in [9.17, 15) is 4.79 Å². The molecular formula is C14H16O3. The fraction of sp³-hybridized carbons (Fsp3) is 0.357. The molecule has 0 aliphatic carbocycles. The van der Waals surface area contributed by atoms with Crippen molar-refractivity contribution in [2.75, 3.05) is 7.11 Å². The van der Waals surface area contributed by atoms with Crippen LogP contribution in [0.5, 0.6) is 0 Å². The zero-order valence-electron chi connectivity index (χ0n) is 10.3. The van der Waals surface area contributed by atoms with Gasteiger partial charge in [-0.05, 0) is 25.0 Å². The van der Waals surface area contributed by atoms with Crippen LogP contribution in [0.3, 0.4) is 0 Å². The molecule has 0 fully saturated rings. The summed E-state index contributed by atoms with van der Waals surface area (Å²) in [5.74, 6) is 0.311. The Kier molecular flexibility index (Phi) is 2.92. The molecule has 1 unspecified atom stereocenters. The number of aryl methyl sites for hydroxylation is 1. The van der Waals surface area contributed by atoms with Crippen LogP contribution in [0.15, 0.2) is 36.1 Å². The first-order valence-corrected chi connectivity index (χ1v) is 5.59. The van der Waals surface area contributed by atoms with E-state index >= 15 is 0 Å². The maximum atomic E-state index is 11.6. The number of benzene rings is 1. The maximum Gasteiger partial charge on any atom is 0.335 e. The van der Waals surface area contributed by atoms with E-state index in [1.54, 1.807) is 7.11 Å². The molecule has 0 N–H and O–H groups in total. The molecule has 90 valence electrons. The number of cyclic esters (lactones) is 1. The van der Waals surface area contributed by atoms with Gasteiger partial charge in [-0.3, -0.25) is 0 Å². The summed E-state index contributed by atoms with van der Waals surface area (Å²) in [6.07, 6.45) is 1.97. The van der Waals surface area contributed by atoms with Crippen molar-refractivity contribution in [2.45, 2.75) is 25.9 Å². The van der Waals surface area contributed by atoms with Crippen molar-refractivity contribution in [3.05, 3.63) is 47.2 Å². The van der Waals surface area contributed by atoms with E-state index in [1.165, 1.54) is 6.08 Å². The fourth-order valence-electron chi connectivity index (χ4n) is 2.25. The van der Waals surface area contributed by atoms with Crippen LogP contribution >= 0.6 is 0 Å². The first-order valence-electron chi connectivity index (χ1n) is 5.59. The van der Waals surface area contributed by atoms with E-state index in [4.69, 9.17) is 9.47 Å². The van der Waals surface area contributed by atoms with Gasteiger partial charge in [0.1, 0.15) is 11.4 Å². The Hall–Kier alpha value is -1.77. The number of hydrogen-bond donors (Lipinski definition) is 0. The fourth-order valence-corrected chi connectivity index (χ4v) is 2.25. The minimum atomic E-state index is -0.636. The normalized spacial score (nSPS) is 23.9. The van der Waals surface area contributed by atoms with Gasteiger partial charge < -0.3 is 9.47 Å². The molecule has 3 nitrogen and oxygen atoms in total. The zero-order valence-corrected chi connectivity index (χ0v) is 10.3. The van der Waals surface area contributed by atoms with Crippen LogP contribution in [0.1, 0.15) is 24.5 Å². The highest BCUT2D eigenvalue weighted by molar-refractivity contribution is 5.84. The highest BCUT2D eigenvalue weighted by atomic mass is 16.6. The predicted molar refractivity (Wildman–Crippen MR) is 64.3 cm³/mol. The number of hydrogen-bond acceptors (Lipinski definition) is 3. The number of ether oxygens (including phenoxy) is 2. The van der Waals surface area contributed by atoms with Gasteiger partial charge in [0.05, 0.1) is 13.2 Å². The molecule has 3 heteroatoms. The maximum absolute atomic E-state index is 11.6. The van der Waals surface area contributed by atoms with Crippen molar-refractivity contribution in [3.8, 4) is 0 Å². The molecule has 17 heavy (non-hydrogen) atoms. The minimum Gasteiger partial charge on any atom is -0.501 e. The van der Waals surface area contributed by atoms with Crippen LogP contribution in [0.2, 0.25) is 0 Å². The molecule has 1 aliphatic heterocycles. The third-order valence-electron chi connectivity index (χ3n) is 3.09. The molecule has 0 aromatic heterocycles. The molecule has 1 aromatic carbocycles. The molecule has 2 rings (SSSR count). The largest absolute Gasteiger partial charge is 0.501 e. The average Bonchev–Trinajstić information content (AvgIpc) is 2.28. The van der Waals surface area contributed by atoms with Gasteiger partial charge in [0.2, 0.25) is 0 Å². The third-order valence-corrected chi connectivity index (χ3v) is 3.09. The number of rotatable bonds is 2. The van der Waals surface area contributed by atoms with E-state index in [-0.39, 0.29) is 5.97 Å². The summed E-state index contributed by atoms with van der Waals surface area (Å²) in [5.41, 5.74) is 1.50. The van der Waals surface area contributed by atoms with Gasteiger partial charge in [-0.25, -0.2) is 4.79 Å². The summed E-state index contributed by atoms with van der Waals surface area (Å²) in [6, 6.07) is 7.92. The molecular weight excluding hydrogens is 216 g/mol. The summed E-state index contributed by atoms with van der Waals surface area (Å²) in [6.45, 7) is 3.93. The Bertz CT molecular complexity index is 476. The zero-order chi connectivity index (χ0) is 12.5. The van der Waals surface area contributed by atoms with Gasteiger partial charge in [-0.15, -0.1) is 0 Å². The van der Waals surface area contributed by atoms with Gasteiger partial charge in [-0.1, -0.05) is 24.3 Å². The van der Waals surface area contributed by atoms with E-state index in [0.29, 0.717) is 12.2 Å². The molecule has 1 heterocycles. The summed E-state index contributed by atoms with van der Waals surface area (Å²) in [7, 11) is 1.57. The predicted octanol–water partition coefficient (Wildman–Crippen LogP) is 2.69. The lowest BCUT2D eigenvalue weighted by atomic mass is 9.87. The van der Waals surface area contributed by atoms with Crippen LogP contribution in [0.25, 0.3) is 0 Å². The molecule has 0 spiro atoms. The van der Waals surface area contributed by atoms with Crippen LogP contribution < -0.4 is 0 Å². The lowest BCUT2D eigenvalue weighted by Crippen LogP contribution is -2.33. The van der Waals surface area contributed by atoms with E-state index < -0.39 is 5.60 Å². The molecule has 0 saturated heterocycles. The molecule has 0 saturated carbocycles. The molecule has 0 radical (unpaired) electrons. The van der Waals surface area contributed by atoms with Crippen molar-refractivity contribution in [1.82, 2.24) is 0 Å². The molecule has 1 aromatic rings. The Morgan fingerprint density at radius 2 is 2.06 bits per heavy atom. The van der Waals surface area contributed by atoms with Crippen LogP contribution in [-0.2, 0) is 19.9 Å². The Labute approximate surface area is 101 Å². The Balaban J connectivity index is 2.41. The monoisotopic (exact) mass is 232 g/mol. The van der Waals surface area contributed by atoms with E-state index in [1.807, 2.05) is 38.1 Å². The van der Waals surface area contributed by atoms with Gasteiger partial charge in [-0.2, -0.15) is 0 Å². The average molecular weight is 232 g/mol. The molecule has 0 amide bonds. The standard InChI is InChI=1S/C14H16O3/c1-10-6-4-5-7-12(10)14(2)9-11(16-3)8-13(15)17-14/h4-8H,9H2,1-3H3. The van der Waals surface area contributed by atoms with Gasteiger partial charge in [0, 0.05) is 6.42 Å². The quantitative estimate of drug-likeness (QED) is 0.735. The molecule has 0 bridgehead atoms. The number of esters is 1. The molecule has 1 atom stereocenters. The highest BCUT2D eigenvalue weighted by Crippen LogP contribution is 2.37. The first-order chi connectivity index (χ1) is 8.05. The van der Waals surface area contributed by atoms with Crippen molar-refractivity contribution in [1.29, 1.82) is 0 Å². The summed E-state index contributed by atoms with van der Waals surface area (Å²) < 4.78 is 10.7. The lowest BCUT2D eigenvalue weighted by Gasteiger charge is -2.34. The third kappa shape index (κ3) is 2.18.